The molecule has 9 heteroatoms. The molecule has 30 heavy (non-hydrogen) atoms. The van der Waals surface area contributed by atoms with Gasteiger partial charge in [0.2, 0.25) is 0 Å². The lowest BCUT2D eigenvalue weighted by atomic mass is 9.40. The number of carbonyl (C=O) groups is 1. The van der Waals surface area contributed by atoms with Crippen LogP contribution in [0.5, 0.6) is 0 Å². The molecule has 0 aliphatic carbocycles. The van der Waals surface area contributed by atoms with Crippen LogP contribution in [0.3, 0.4) is 0 Å². The third-order valence-electron chi connectivity index (χ3n) is 4.95. The first-order valence-electron chi connectivity index (χ1n) is 9.26. The average Bonchev–Trinajstić information content (AvgIpc) is 3.05. The van der Waals surface area contributed by atoms with Gasteiger partial charge < -0.3 is 9.88 Å². The second kappa shape index (κ2) is 7.48. The molecule has 0 saturated carbocycles. The van der Waals surface area contributed by atoms with Crippen LogP contribution in [0.1, 0.15) is 21.7 Å². The Hall–Kier alpha value is -3.35. The van der Waals surface area contributed by atoms with Gasteiger partial charge in [0.25, 0.3) is 5.91 Å². The van der Waals surface area contributed by atoms with E-state index in [9.17, 15) is 4.79 Å². The molecule has 0 aliphatic rings. The quantitative estimate of drug-likeness (QED) is 0.546. The van der Waals surface area contributed by atoms with Crippen LogP contribution >= 0.6 is 0 Å². The first-order valence-corrected chi connectivity index (χ1v) is 9.26. The highest BCUT2D eigenvalue weighted by molar-refractivity contribution is 6.58. The van der Waals surface area contributed by atoms with Gasteiger partial charge in [0, 0.05) is 30.3 Å². The van der Waals surface area contributed by atoms with Gasteiger partial charge in [0.1, 0.15) is 11.6 Å². The molecule has 1 amide bonds. The largest absolute Gasteiger partial charge is 0.330 e. The minimum Gasteiger partial charge on any atom is -0.330 e. The van der Waals surface area contributed by atoms with Crippen molar-refractivity contribution in [3.8, 4) is 11.4 Å². The minimum atomic E-state index is -1.45. The van der Waals surface area contributed by atoms with Crippen molar-refractivity contribution in [1.29, 1.82) is 0 Å². The molecule has 0 bridgehead atoms. The first-order chi connectivity index (χ1) is 14.2. The number of imidazole rings is 1. The molecule has 6 radical (unpaired) electrons. The van der Waals surface area contributed by atoms with Crippen molar-refractivity contribution >= 4 is 46.2 Å². The van der Waals surface area contributed by atoms with Crippen LogP contribution in [0.15, 0.2) is 54.9 Å². The molecule has 1 aromatic carbocycles. The Bertz CT molecular complexity index is 1250. The topological polar surface area (TPSA) is 72.7 Å². The zero-order valence-corrected chi connectivity index (χ0v) is 16.6. The zero-order valence-electron chi connectivity index (χ0n) is 16.6. The number of hydrogen-bond acceptors (Lipinski definition) is 4. The summed E-state index contributed by atoms with van der Waals surface area (Å²) < 4.78 is 1.97. The Balaban J connectivity index is 1.60. The van der Waals surface area contributed by atoms with Crippen LogP contribution in [-0.4, -0.2) is 49.0 Å². The number of aryl methyl sites for hydroxylation is 1. The molecule has 0 aliphatic heterocycles. The van der Waals surface area contributed by atoms with E-state index in [1.807, 2.05) is 30.7 Å². The third-order valence-corrected chi connectivity index (χ3v) is 4.95. The molecule has 4 aromatic rings. The highest BCUT2D eigenvalue weighted by Gasteiger charge is 2.14. The maximum Gasteiger partial charge on any atom is 0.256 e. The van der Waals surface area contributed by atoms with Crippen LogP contribution in [0, 0.1) is 6.92 Å². The summed E-state index contributed by atoms with van der Waals surface area (Å²) in [5.74, 6) is 0.980. The Labute approximate surface area is 178 Å². The van der Waals surface area contributed by atoms with Gasteiger partial charge in [-0.15, -0.1) is 5.11 Å². The molecule has 0 atom stereocenters. The molecule has 3 aromatic heterocycles. The van der Waals surface area contributed by atoms with Crippen LogP contribution in [0.2, 0.25) is 0 Å². The van der Waals surface area contributed by atoms with E-state index in [1.165, 1.54) is 0 Å². The van der Waals surface area contributed by atoms with Crippen molar-refractivity contribution in [2.45, 2.75) is 12.0 Å². The standard InChI is InChI=1S/C21H16B3N5O/c1-12-25-11-18(29(12)2)16-8-5-14-10-26-19(9-17(14)27-16)28-20(30)13-3-6-15(7-4-13)21(22,23)24/h3-11H,1-2H3,(H,26,28,30). The predicted molar refractivity (Wildman–Crippen MR) is 120 cm³/mol. The number of nitrogens with one attached hydrogen (secondary N) is 1. The van der Waals surface area contributed by atoms with Gasteiger partial charge >= 0.3 is 0 Å². The highest BCUT2D eigenvalue weighted by Crippen LogP contribution is 2.23. The monoisotopic (exact) mass is 387 g/mol. The van der Waals surface area contributed by atoms with E-state index in [2.05, 4.69) is 15.3 Å². The van der Waals surface area contributed by atoms with E-state index in [-0.39, 0.29) is 5.91 Å². The second-order valence-electron chi connectivity index (χ2n) is 7.17. The smallest absolute Gasteiger partial charge is 0.256 e. The zero-order chi connectivity index (χ0) is 21.5. The highest BCUT2D eigenvalue weighted by atomic mass is 16.1. The fraction of sp³-hybridized carbons (Fsp3) is 0.143. The molecule has 6 nitrogen and oxygen atoms in total. The molecule has 3 heterocycles. The fourth-order valence-electron chi connectivity index (χ4n) is 3.07. The number of anilines is 1. The van der Waals surface area contributed by atoms with Gasteiger partial charge in [-0.05, 0) is 31.2 Å². The molecule has 4 rings (SSSR count). The summed E-state index contributed by atoms with van der Waals surface area (Å²) in [6.07, 6.45) is 3.46. The van der Waals surface area contributed by atoms with E-state index < -0.39 is 5.11 Å². The molecular formula is C21H16B3N5O. The predicted octanol–water partition coefficient (Wildman–Crippen LogP) is 2.21. The van der Waals surface area contributed by atoms with Gasteiger partial charge in [-0.1, -0.05) is 17.7 Å². The molecule has 0 unspecified atom stereocenters. The number of carbonyl (C=O) groups excluding carboxylic acids is 1. The van der Waals surface area contributed by atoms with Gasteiger partial charge in [-0.2, -0.15) is 0 Å². The number of rotatable bonds is 4. The van der Waals surface area contributed by atoms with E-state index in [0.29, 0.717) is 22.5 Å². The number of hydrogen-bond donors (Lipinski definition) is 1. The van der Waals surface area contributed by atoms with Crippen LogP contribution < -0.4 is 5.32 Å². The molecule has 140 valence electrons. The SMILES string of the molecule is [B]C([B])([B])c1ccc(C(=O)Nc2cc3nc(-c4cnc(C)n4C)ccc3cn2)cc1. The van der Waals surface area contributed by atoms with Crippen molar-refractivity contribution < 1.29 is 4.79 Å². The van der Waals surface area contributed by atoms with Crippen LogP contribution in [0.25, 0.3) is 22.3 Å². The van der Waals surface area contributed by atoms with Crippen molar-refractivity contribution in [2.24, 2.45) is 7.05 Å². The van der Waals surface area contributed by atoms with Crippen molar-refractivity contribution in [2.75, 3.05) is 5.32 Å². The normalized spacial score (nSPS) is 11.5. The molecule has 1 N–H and O–H groups in total. The maximum absolute atomic E-state index is 12.6. The summed E-state index contributed by atoms with van der Waals surface area (Å²) in [6.45, 7) is 1.93. The number of aromatic nitrogens is 4. The Morgan fingerprint density at radius 2 is 1.77 bits per heavy atom. The Kier molecular flexibility index (Phi) is 4.98. The summed E-state index contributed by atoms with van der Waals surface area (Å²) in [5, 5.41) is 2.19. The van der Waals surface area contributed by atoms with E-state index >= 15 is 0 Å². The summed E-state index contributed by atoms with van der Waals surface area (Å²) in [6, 6.07) is 12.0. The summed E-state index contributed by atoms with van der Waals surface area (Å²) in [7, 11) is 18.9. The van der Waals surface area contributed by atoms with E-state index in [4.69, 9.17) is 28.5 Å². The fourth-order valence-corrected chi connectivity index (χ4v) is 3.07. The van der Waals surface area contributed by atoms with E-state index in [0.717, 1.165) is 22.6 Å². The third kappa shape index (κ3) is 3.88. The Morgan fingerprint density at radius 3 is 2.40 bits per heavy atom. The lowest BCUT2D eigenvalue weighted by Crippen LogP contribution is -2.27. The number of nitrogens with zero attached hydrogens (tertiary/aromatic N) is 4. The summed E-state index contributed by atoms with van der Waals surface area (Å²) >= 11 is 0. The molecule has 0 saturated heterocycles. The van der Waals surface area contributed by atoms with Gasteiger partial charge in [0.05, 0.1) is 46.6 Å². The lowest BCUT2D eigenvalue weighted by molar-refractivity contribution is 0.102. The van der Waals surface area contributed by atoms with Gasteiger partial charge in [0.15, 0.2) is 0 Å². The van der Waals surface area contributed by atoms with Crippen LogP contribution in [0.4, 0.5) is 5.82 Å². The lowest BCUT2D eigenvalue weighted by Gasteiger charge is -2.20. The Morgan fingerprint density at radius 1 is 1.03 bits per heavy atom. The molecular weight excluding hydrogens is 371 g/mol. The number of pyridine rings is 2. The molecule has 0 spiro atoms. The van der Waals surface area contributed by atoms with Crippen molar-refractivity contribution in [1.82, 2.24) is 19.5 Å². The number of fused-ring (bicyclic) bond motifs is 1. The first kappa shape index (κ1) is 19.9. The second-order valence-corrected chi connectivity index (χ2v) is 7.17. The van der Waals surface area contributed by atoms with Gasteiger partial charge in [-0.3, -0.25) is 4.79 Å². The minimum absolute atomic E-state index is 0.316. The molecule has 0 fully saturated rings. The van der Waals surface area contributed by atoms with Crippen LogP contribution in [-0.2, 0) is 12.2 Å². The number of amides is 1. The summed E-state index contributed by atoms with van der Waals surface area (Å²) in [5.41, 5.74) is 3.36. The average molecular weight is 387 g/mol. The maximum atomic E-state index is 12.6. The van der Waals surface area contributed by atoms with Crippen molar-refractivity contribution in [3.05, 3.63) is 71.8 Å². The van der Waals surface area contributed by atoms with Gasteiger partial charge in [-0.25, -0.2) is 15.0 Å². The summed E-state index contributed by atoms with van der Waals surface area (Å²) in [4.78, 5) is 25.9. The van der Waals surface area contributed by atoms with Crippen molar-refractivity contribution in [3.63, 3.8) is 0 Å². The van der Waals surface area contributed by atoms with E-state index in [1.54, 1.807) is 42.7 Å². The number of benzene rings is 1.